The third-order valence-corrected chi connectivity index (χ3v) is 3.42. The SMILES string of the molecule is CC(C)(CN)N1CCNc2ccc(C(=O)O)cc21. The highest BCUT2D eigenvalue weighted by atomic mass is 16.4. The first kappa shape index (κ1) is 12.7. The molecule has 0 atom stereocenters. The summed E-state index contributed by atoms with van der Waals surface area (Å²) < 4.78 is 0. The highest BCUT2D eigenvalue weighted by Crippen LogP contribution is 2.34. The molecule has 1 aliphatic heterocycles. The molecular formula is C13H19N3O2. The average molecular weight is 249 g/mol. The summed E-state index contributed by atoms with van der Waals surface area (Å²) >= 11 is 0. The molecule has 1 aromatic carbocycles. The maximum absolute atomic E-state index is 11.0. The van der Waals surface area contributed by atoms with Gasteiger partial charge in [-0.25, -0.2) is 4.79 Å². The molecule has 1 aliphatic rings. The number of rotatable bonds is 3. The van der Waals surface area contributed by atoms with Crippen LogP contribution in [0.4, 0.5) is 11.4 Å². The van der Waals surface area contributed by atoms with Gasteiger partial charge in [-0.2, -0.15) is 0 Å². The van der Waals surface area contributed by atoms with Crippen LogP contribution in [0.15, 0.2) is 18.2 Å². The van der Waals surface area contributed by atoms with E-state index in [9.17, 15) is 4.79 Å². The van der Waals surface area contributed by atoms with Crippen molar-refractivity contribution in [3.63, 3.8) is 0 Å². The molecule has 0 saturated heterocycles. The molecule has 4 N–H and O–H groups in total. The molecule has 0 saturated carbocycles. The van der Waals surface area contributed by atoms with Gasteiger partial charge in [-0.1, -0.05) is 0 Å². The lowest BCUT2D eigenvalue weighted by Gasteiger charge is -2.43. The molecule has 5 heteroatoms. The molecule has 0 radical (unpaired) electrons. The summed E-state index contributed by atoms with van der Waals surface area (Å²) in [7, 11) is 0. The summed E-state index contributed by atoms with van der Waals surface area (Å²) in [4.78, 5) is 13.2. The minimum absolute atomic E-state index is 0.187. The van der Waals surface area contributed by atoms with Crippen LogP contribution in [0.5, 0.6) is 0 Å². The van der Waals surface area contributed by atoms with Crippen LogP contribution in [0.3, 0.4) is 0 Å². The number of aromatic carboxylic acids is 1. The summed E-state index contributed by atoms with van der Waals surface area (Å²) in [5.41, 5.74) is 7.81. The minimum atomic E-state index is -0.908. The summed E-state index contributed by atoms with van der Waals surface area (Å²) in [6, 6.07) is 5.14. The van der Waals surface area contributed by atoms with Crippen LogP contribution in [-0.2, 0) is 0 Å². The molecule has 0 fully saturated rings. The van der Waals surface area contributed by atoms with Gasteiger partial charge in [-0.3, -0.25) is 0 Å². The predicted molar refractivity (Wildman–Crippen MR) is 72.4 cm³/mol. The highest BCUT2D eigenvalue weighted by Gasteiger charge is 2.29. The van der Waals surface area contributed by atoms with Crippen LogP contribution in [-0.4, -0.2) is 36.2 Å². The first-order chi connectivity index (χ1) is 8.45. The van der Waals surface area contributed by atoms with Gasteiger partial charge >= 0.3 is 5.97 Å². The number of carboxylic acids is 1. The normalized spacial score (nSPS) is 14.9. The Morgan fingerprint density at radius 2 is 2.28 bits per heavy atom. The Morgan fingerprint density at radius 3 is 2.89 bits per heavy atom. The van der Waals surface area contributed by atoms with Crippen molar-refractivity contribution in [1.29, 1.82) is 0 Å². The zero-order valence-electron chi connectivity index (χ0n) is 10.7. The molecule has 1 heterocycles. The molecule has 0 spiro atoms. The van der Waals surface area contributed by atoms with E-state index in [0.29, 0.717) is 12.1 Å². The Morgan fingerprint density at radius 1 is 1.56 bits per heavy atom. The van der Waals surface area contributed by atoms with Crippen molar-refractivity contribution >= 4 is 17.3 Å². The maximum atomic E-state index is 11.0. The van der Waals surface area contributed by atoms with Gasteiger partial charge in [0.25, 0.3) is 0 Å². The molecule has 0 aromatic heterocycles. The van der Waals surface area contributed by atoms with Gasteiger partial charge in [0.1, 0.15) is 0 Å². The van der Waals surface area contributed by atoms with Gasteiger partial charge in [-0.05, 0) is 32.0 Å². The van der Waals surface area contributed by atoms with Crippen molar-refractivity contribution in [2.75, 3.05) is 29.9 Å². The Labute approximate surface area is 107 Å². The van der Waals surface area contributed by atoms with E-state index in [-0.39, 0.29) is 5.54 Å². The zero-order valence-corrected chi connectivity index (χ0v) is 10.7. The van der Waals surface area contributed by atoms with Gasteiger partial charge in [0, 0.05) is 25.2 Å². The molecule has 18 heavy (non-hydrogen) atoms. The highest BCUT2D eigenvalue weighted by molar-refractivity contribution is 5.91. The molecule has 0 unspecified atom stereocenters. The fourth-order valence-electron chi connectivity index (χ4n) is 2.20. The van der Waals surface area contributed by atoms with E-state index in [4.69, 9.17) is 10.8 Å². The van der Waals surface area contributed by atoms with E-state index >= 15 is 0 Å². The number of nitrogens with zero attached hydrogens (tertiary/aromatic N) is 1. The lowest BCUT2D eigenvalue weighted by Crippen LogP contribution is -2.53. The number of benzene rings is 1. The first-order valence-corrected chi connectivity index (χ1v) is 6.04. The van der Waals surface area contributed by atoms with Crippen LogP contribution in [0.1, 0.15) is 24.2 Å². The molecule has 2 rings (SSSR count). The smallest absolute Gasteiger partial charge is 0.335 e. The monoisotopic (exact) mass is 249 g/mol. The number of nitrogens with two attached hydrogens (primary N) is 1. The molecule has 0 bridgehead atoms. The van der Waals surface area contributed by atoms with Gasteiger partial charge in [0.15, 0.2) is 0 Å². The van der Waals surface area contributed by atoms with Crippen molar-refractivity contribution in [2.45, 2.75) is 19.4 Å². The van der Waals surface area contributed by atoms with E-state index in [0.717, 1.165) is 24.5 Å². The van der Waals surface area contributed by atoms with Crippen molar-refractivity contribution in [3.8, 4) is 0 Å². The van der Waals surface area contributed by atoms with E-state index < -0.39 is 5.97 Å². The second-order valence-corrected chi connectivity index (χ2v) is 5.13. The molecular weight excluding hydrogens is 230 g/mol. The van der Waals surface area contributed by atoms with Crippen LogP contribution in [0.2, 0.25) is 0 Å². The topological polar surface area (TPSA) is 78.6 Å². The zero-order chi connectivity index (χ0) is 13.3. The number of hydrogen-bond acceptors (Lipinski definition) is 4. The van der Waals surface area contributed by atoms with Crippen LogP contribution < -0.4 is 16.0 Å². The second-order valence-electron chi connectivity index (χ2n) is 5.13. The Bertz CT molecular complexity index is 471. The Hall–Kier alpha value is -1.75. The van der Waals surface area contributed by atoms with Gasteiger partial charge in [0.2, 0.25) is 0 Å². The van der Waals surface area contributed by atoms with Gasteiger partial charge in [-0.15, -0.1) is 0 Å². The minimum Gasteiger partial charge on any atom is -0.478 e. The van der Waals surface area contributed by atoms with Crippen LogP contribution in [0.25, 0.3) is 0 Å². The summed E-state index contributed by atoms with van der Waals surface area (Å²) in [5.74, 6) is -0.908. The number of fused-ring (bicyclic) bond motifs is 1. The number of carbonyl (C=O) groups is 1. The van der Waals surface area contributed by atoms with Crippen molar-refractivity contribution in [3.05, 3.63) is 23.8 Å². The number of carboxylic acid groups (broad SMARTS) is 1. The van der Waals surface area contributed by atoms with Crippen LogP contribution >= 0.6 is 0 Å². The lowest BCUT2D eigenvalue weighted by atomic mass is 9.99. The van der Waals surface area contributed by atoms with Gasteiger partial charge < -0.3 is 21.1 Å². The average Bonchev–Trinajstić information content (AvgIpc) is 2.37. The fraction of sp³-hybridized carbons (Fsp3) is 0.462. The predicted octanol–water partition coefficient (Wildman–Crippen LogP) is 1.35. The first-order valence-electron chi connectivity index (χ1n) is 6.04. The third-order valence-electron chi connectivity index (χ3n) is 3.42. The van der Waals surface area contributed by atoms with E-state index in [2.05, 4.69) is 24.1 Å². The Balaban J connectivity index is 2.47. The van der Waals surface area contributed by atoms with E-state index in [1.54, 1.807) is 12.1 Å². The summed E-state index contributed by atoms with van der Waals surface area (Å²) in [6.07, 6.45) is 0. The molecule has 98 valence electrons. The molecule has 1 aromatic rings. The maximum Gasteiger partial charge on any atom is 0.335 e. The molecule has 0 amide bonds. The largest absolute Gasteiger partial charge is 0.478 e. The Kier molecular flexibility index (Phi) is 3.17. The fourth-order valence-corrected chi connectivity index (χ4v) is 2.20. The van der Waals surface area contributed by atoms with Gasteiger partial charge in [0.05, 0.1) is 16.9 Å². The number of nitrogens with one attached hydrogen (secondary N) is 1. The molecule has 0 aliphatic carbocycles. The molecule has 5 nitrogen and oxygen atoms in total. The lowest BCUT2D eigenvalue weighted by molar-refractivity contribution is 0.0697. The standard InChI is InChI=1S/C13H19N3O2/c1-13(2,8-14)16-6-5-15-10-4-3-9(12(17)18)7-11(10)16/h3-4,7,15H,5-6,8,14H2,1-2H3,(H,17,18). The van der Waals surface area contributed by atoms with Crippen molar-refractivity contribution < 1.29 is 9.90 Å². The number of hydrogen-bond donors (Lipinski definition) is 3. The third kappa shape index (κ3) is 2.13. The summed E-state index contributed by atoms with van der Waals surface area (Å²) in [5, 5.41) is 12.3. The second kappa shape index (κ2) is 4.49. The van der Waals surface area contributed by atoms with Crippen molar-refractivity contribution in [2.24, 2.45) is 5.73 Å². The number of anilines is 2. The van der Waals surface area contributed by atoms with Crippen molar-refractivity contribution in [1.82, 2.24) is 0 Å². The quantitative estimate of drug-likeness (QED) is 0.753. The summed E-state index contributed by atoms with van der Waals surface area (Å²) in [6.45, 7) is 6.30. The van der Waals surface area contributed by atoms with Crippen LogP contribution in [0, 0.1) is 0 Å². The van der Waals surface area contributed by atoms with E-state index in [1.807, 2.05) is 6.07 Å². The van der Waals surface area contributed by atoms with E-state index in [1.165, 1.54) is 0 Å².